The van der Waals surface area contributed by atoms with Gasteiger partial charge in [0, 0.05) is 31.6 Å². The Hall–Kier alpha value is -4.48. The minimum Gasteiger partial charge on any atom is -0.475 e. The fourth-order valence-corrected chi connectivity index (χ4v) is 5.23. The summed E-state index contributed by atoms with van der Waals surface area (Å²) in [6.45, 7) is 2.06. The third-order valence-corrected chi connectivity index (χ3v) is 7.69. The lowest BCUT2D eigenvalue weighted by Gasteiger charge is -2.34. The van der Waals surface area contributed by atoms with Crippen molar-refractivity contribution in [2.24, 2.45) is 5.92 Å². The predicted molar refractivity (Wildman–Crippen MR) is 151 cm³/mol. The number of alkyl halides is 3. The molecule has 4 aromatic rings. The monoisotopic (exact) mass is 580 g/mol. The van der Waals surface area contributed by atoms with Gasteiger partial charge in [-0.25, -0.2) is 19.7 Å². The van der Waals surface area contributed by atoms with Gasteiger partial charge >= 0.3 is 12.1 Å². The predicted octanol–water partition coefficient (Wildman–Crippen LogP) is 5.67. The highest BCUT2D eigenvalue weighted by atomic mass is 19.4. The number of imidazole rings is 1. The molecule has 0 bridgehead atoms. The molecule has 1 aliphatic carbocycles. The first-order valence-electron chi connectivity index (χ1n) is 13.8. The Morgan fingerprint density at radius 2 is 1.83 bits per heavy atom. The summed E-state index contributed by atoms with van der Waals surface area (Å²) < 4.78 is 41.5. The van der Waals surface area contributed by atoms with Gasteiger partial charge in [0.15, 0.2) is 11.5 Å². The van der Waals surface area contributed by atoms with E-state index in [1.54, 1.807) is 11.6 Å². The first kappa shape index (κ1) is 29.0. The molecule has 5 rings (SSSR count). The first-order chi connectivity index (χ1) is 20.0. The van der Waals surface area contributed by atoms with Crippen molar-refractivity contribution in [3.05, 3.63) is 71.0 Å². The molecule has 1 fully saturated rings. The maximum absolute atomic E-state index is 13.2. The number of carboxylic acid groups (broad SMARTS) is 1. The van der Waals surface area contributed by atoms with E-state index in [0.29, 0.717) is 23.3 Å². The molecule has 0 spiro atoms. The van der Waals surface area contributed by atoms with E-state index >= 15 is 0 Å². The number of rotatable bonds is 10. The summed E-state index contributed by atoms with van der Waals surface area (Å²) in [7, 11) is 1.58. The van der Waals surface area contributed by atoms with E-state index in [-0.39, 0.29) is 42.3 Å². The number of nitrogens with zero attached hydrogens (tertiary/aromatic N) is 4. The number of aryl methyl sites for hydroxylation is 1. The van der Waals surface area contributed by atoms with E-state index in [4.69, 9.17) is 4.98 Å². The van der Waals surface area contributed by atoms with Crippen LogP contribution in [0.4, 0.5) is 19.0 Å². The van der Waals surface area contributed by atoms with Crippen LogP contribution in [0.5, 0.6) is 0 Å². The number of anilines is 1. The second kappa shape index (κ2) is 11.8. The number of hydrogen-bond acceptors (Lipinski definition) is 6. The van der Waals surface area contributed by atoms with Crippen molar-refractivity contribution in [2.75, 3.05) is 12.4 Å². The van der Waals surface area contributed by atoms with Crippen LogP contribution in [-0.4, -0.2) is 49.6 Å². The average Bonchev–Trinajstić information content (AvgIpc) is 3.28. The van der Waals surface area contributed by atoms with Crippen molar-refractivity contribution in [1.29, 1.82) is 0 Å². The van der Waals surface area contributed by atoms with Gasteiger partial charge in [0.25, 0.3) is 0 Å². The Morgan fingerprint density at radius 1 is 1.10 bits per heavy atom. The molecule has 2 heterocycles. The third kappa shape index (κ3) is 6.22. The Balaban J connectivity index is 1.66. The molecule has 1 atom stereocenters. The minimum atomic E-state index is -4.46. The molecule has 1 amide bonds. The van der Waals surface area contributed by atoms with Crippen molar-refractivity contribution in [2.45, 2.75) is 57.8 Å². The lowest BCUT2D eigenvalue weighted by atomic mass is 9.78. The Labute approximate surface area is 240 Å². The van der Waals surface area contributed by atoms with Crippen molar-refractivity contribution >= 4 is 28.9 Å². The normalized spacial score (nSPS) is 14.4. The largest absolute Gasteiger partial charge is 0.475 e. The van der Waals surface area contributed by atoms with Crippen molar-refractivity contribution in [1.82, 2.24) is 24.8 Å². The van der Waals surface area contributed by atoms with Crippen molar-refractivity contribution in [3.63, 3.8) is 0 Å². The van der Waals surface area contributed by atoms with E-state index in [1.165, 1.54) is 12.1 Å². The molecule has 12 heteroatoms. The van der Waals surface area contributed by atoms with Crippen LogP contribution in [-0.2, 0) is 17.5 Å². The van der Waals surface area contributed by atoms with Crippen LogP contribution in [0.25, 0.3) is 22.6 Å². The smallest absolute Gasteiger partial charge is 0.416 e. The molecular weight excluding hydrogens is 549 g/mol. The summed E-state index contributed by atoms with van der Waals surface area (Å²) in [5, 5.41) is 15.9. The van der Waals surface area contributed by atoms with Crippen LogP contribution in [0.15, 0.2) is 48.5 Å². The molecule has 2 aromatic heterocycles. The molecule has 1 unspecified atom stereocenters. The topological polar surface area (TPSA) is 122 Å². The van der Waals surface area contributed by atoms with Gasteiger partial charge in [-0.15, -0.1) is 0 Å². The quantitative estimate of drug-likeness (QED) is 0.221. The number of benzene rings is 2. The summed E-state index contributed by atoms with van der Waals surface area (Å²) >= 11 is 0. The number of carbonyl (C=O) groups is 2. The molecule has 3 N–H and O–H groups in total. The standard InChI is InChI=1S/C30H31F3N6O3/c1-17-5-3-8-20(15-17)28-38-26-24(39(28)16-18-9-11-21(12-10-18)30(31,32)33)25(36-27(37-26)29(41)42)35-22(19-6-4-7-19)13-14-23(40)34-2/h3,5,8-12,15,19,22H,4,6-7,13-14,16H2,1-2H3,(H,34,40)(H,41,42)(H,35,36,37). The molecule has 0 radical (unpaired) electrons. The second-order valence-corrected chi connectivity index (χ2v) is 10.6. The maximum atomic E-state index is 13.2. The number of halogens is 3. The number of fused-ring (bicyclic) bond motifs is 1. The Morgan fingerprint density at radius 3 is 2.43 bits per heavy atom. The Kier molecular flexibility index (Phi) is 8.15. The van der Waals surface area contributed by atoms with E-state index < -0.39 is 23.5 Å². The fraction of sp³-hybridized carbons (Fsp3) is 0.367. The molecule has 0 aliphatic heterocycles. The summed E-state index contributed by atoms with van der Waals surface area (Å²) in [5.74, 6) is -0.855. The number of amides is 1. The SMILES string of the molecule is CNC(=O)CCC(Nc1nc(C(=O)O)nc2nc(-c3cccc(C)c3)n(Cc3ccc(C(F)(F)F)cc3)c12)C1CCC1. The van der Waals surface area contributed by atoms with Gasteiger partial charge in [-0.1, -0.05) is 42.3 Å². The summed E-state index contributed by atoms with van der Waals surface area (Å²) in [6, 6.07) is 12.3. The van der Waals surface area contributed by atoms with Gasteiger partial charge in [-0.2, -0.15) is 13.2 Å². The van der Waals surface area contributed by atoms with Crippen LogP contribution in [0.3, 0.4) is 0 Å². The summed E-state index contributed by atoms with van der Waals surface area (Å²) in [6.07, 6.45) is -0.683. The molecule has 220 valence electrons. The lowest BCUT2D eigenvalue weighted by molar-refractivity contribution is -0.137. The zero-order valence-electron chi connectivity index (χ0n) is 23.2. The van der Waals surface area contributed by atoms with Gasteiger partial charge in [0.1, 0.15) is 11.3 Å². The van der Waals surface area contributed by atoms with Gasteiger partial charge in [-0.05, 0) is 55.9 Å². The average molecular weight is 581 g/mol. The zero-order valence-corrected chi connectivity index (χ0v) is 23.2. The molecule has 0 saturated heterocycles. The van der Waals surface area contributed by atoms with Crippen LogP contribution >= 0.6 is 0 Å². The van der Waals surface area contributed by atoms with Gasteiger partial charge in [0.05, 0.1) is 5.56 Å². The van der Waals surface area contributed by atoms with E-state index in [0.717, 1.165) is 42.5 Å². The second-order valence-electron chi connectivity index (χ2n) is 10.6. The van der Waals surface area contributed by atoms with Gasteiger partial charge < -0.3 is 20.3 Å². The minimum absolute atomic E-state index is 0.103. The number of aromatic nitrogens is 4. The number of carbonyl (C=O) groups excluding carboxylic acids is 1. The number of hydrogen-bond donors (Lipinski definition) is 3. The summed E-state index contributed by atoms with van der Waals surface area (Å²) in [5.41, 5.74) is 2.11. The molecule has 42 heavy (non-hydrogen) atoms. The van der Waals surface area contributed by atoms with E-state index in [2.05, 4.69) is 20.6 Å². The van der Waals surface area contributed by atoms with Gasteiger partial charge in [0.2, 0.25) is 11.7 Å². The number of nitrogens with one attached hydrogen (secondary N) is 2. The first-order valence-corrected chi connectivity index (χ1v) is 13.8. The van der Waals surface area contributed by atoms with Crippen LogP contribution in [0.1, 0.15) is 59.4 Å². The Bertz CT molecular complexity index is 1610. The van der Waals surface area contributed by atoms with Crippen LogP contribution in [0, 0.1) is 12.8 Å². The fourth-order valence-electron chi connectivity index (χ4n) is 5.23. The van der Waals surface area contributed by atoms with Crippen LogP contribution in [0.2, 0.25) is 0 Å². The third-order valence-electron chi connectivity index (χ3n) is 7.69. The van der Waals surface area contributed by atoms with Crippen LogP contribution < -0.4 is 10.6 Å². The van der Waals surface area contributed by atoms with Crippen molar-refractivity contribution in [3.8, 4) is 11.4 Å². The lowest BCUT2D eigenvalue weighted by Crippen LogP contribution is -2.35. The molecule has 9 nitrogen and oxygen atoms in total. The molecular formula is C30H31F3N6O3. The van der Waals surface area contributed by atoms with E-state index in [1.807, 2.05) is 31.2 Å². The molecule has 1 saturated carbocycles. The molecule has 2 aromatic carbocycles. The van der Waals surface area contributed by atoms with E-state index in [9.17, 15) is 27.9 Å². The maximum Gasteiger partial charge on any atom is 0.416 e. The zero-order chi connectivity index (χ0) is 30.0. The highest BCUT2D eigenvalue weighted by Crippen LogP contribution is 2.36. The highest BCUT2D eigenvalue weighted by molar-refractivity contribution is 5.92. The van der Waals surface area contributed by atoms with Crippen molar-refractivity contribution < 1.29 is 27.9 Å². The summed E-state index contributed by atoms with van der Waals surface area (Å²) in [4.78, 5) is 37.4. The number of carboxylic acids is 1. The number of aromatic carboxylic acids is 1. The highest BCUT2D eigenvalue weighted by Gasteiger charge is 2.31. The van der Waals surface area contributed by atoms with Gasteiger partial charge in [-0.3, -0.25) is 4.79 Å². The molecule has 1 aliphatic rings.